The van der Waals surface area contributed by atoms with Crippen LogP contribution in [-0.2, 0) is 48.2 Å². The van der Waals surface area contributed by atoms with Gasteiger partial charge in [-0.2, -0.15) is 0 Å². The summed E-state index contributed by atoms with van der Waals surface area (Å²) < 4.78 is 36.7. The van der Waals surface area contributed by atoms with Crippen LogP contribution in [0, 0.1) is 0 Å². The van der Waals surface area contributed by atoms with Crippen molar-refractivity contribution >= 4 is 0 Å². The molecule has 0 amide bonds. The van der Waals surface area contributed by atoms with Gasteiger partial charge in [-0.15, -0.1) is 0 Å². The molecule has 3 aromatic carbocycles. The third kappa shape index (κ3) is 7.21. The van der Waals surface area contributed by atoms with Crippen LogP contribution in [0.5, 0.6) is 0 Å². The predicted molar refractivity (Wildman–Crippen MR) is 133 cm³/mol. The summed E-state index contributed by atoms with van der Waals surface area (Å²) >= 11 is 0. The van der Waals surface area contributed by atoms with E-state index < -0.39 is 30.7 Å². The summed E-state index contributed by atoms with van der Waals surface area (Å²) in [6.45, 7) is 1.65. The van der Waals surface area contributed by atoms with Gasteiger partial charge in [0.05, 0.1) is 26.4 Å². The fourth-order valence-corrected chi connectivity index (χ4v) is 4.24. The van der Waals surface area contributed by atoms with Crippen molar-refractivity contribution in [3.63, 3.8) is 0 Å². The Morgan fingerprint density at radius 1 is 0.571 bits per heavy atom. The Hall–Kier alpha value is -2.58. The van der Waals surface area contributed by atoms with Crippen molar-refractivity contribution < 1.29 is 28.4 Å². The lowest BCUT2D eigenvalue weighted by Gasteiger charge is -2.45. The zero-order chi connectivity index (χ0) is 24.3. The molecule has 0 N–H and O–H groups in total. The zero-order valence-electron chi connectivity index (χ0n) is 20.3. The molecule has 1 saturated heterocycles. The molecule has 6 nitrogen and oxygen atoms in total. The zero-order valence-corrected chi connectivity index (χ0v) is 20.3. The fraction of sp³-hybridized carbons (Fsp3) is 0.379. The number of hydrogen-bond donors (Lipinski definition) is 0. The number of methoxy groups -OCH3 is 2. The first-order valence-corrected chi connectivity index (χ1v) is 11.9. The number of rotatable bonds is 12. The highest BCUT2D eigenvalue weighted by molar-refractivity contribution is 5.15. The van der Waals surface area contributed by atoms with E-state index in [2.05, 4.69) is 0 Å². The van der Waals surface area contributed by atoms with Gasteiger partial charge in [-0.1, -0.05) is 91.0 Å². The summed E-state index contributed by atoms with van der Waals surface area (Å²) in [6.07, 6.45) is -2.32. The van der Waals surface area contributed by atoms with Crippen LogP contribution in [0.15, 0.2) is 91.0 Å². The first kappa shape index (κ1) is 25.5. The summed E-state index contributed by atoms with van der Waals surface area (Å²) in [6, 6.07) is 30.2. The molecule has 0 radical (unpaired) electrons. The van der Waals surface area contributed by atoms with Crippen molar-refractivity contribution in [3.05, 3.63) is 108 Å². The van der Waals surface area contributed by atoms with E-state index in [-0.39, 0.29) is 0 Å². The van der Waals surface area contributed by atoms with Crippen molar-refractivity contribution in [1.29, 1.82) is 0 Å². The van der Waals surface area contributed by atoms with Gasteiger partial charge in [-0.3, -0.25) is 0 Å². The molecule has 0 saturated carbocycles. The fourth-order valence-electron chi connectivity index (χ4n) is 4.24. The molecule has 0 aliphatic carbocycles. The monoisotopic (exact) mass is 478 g/mol. The van der Waals surface area contributed by atoms with Crippen molar-refractivity contribution in [2.45, 2.75) is 50.5 Å². The maximum atomic E-state index is 6.44. The second kappa shape index (κ2) is 13.5. The summed E-state index contributed by atoms with van der Waals surface area (Å²) in [5.41, 5.74) is 3.24. The largest absolute Gasteiger partial charge is 0.374 e. The highest BCUT2D eigenvalue weighted by atomic mass is 16.7. The Balaban J connectivity index is 1.51. The SMILES string of the molecule is COC1O[C@H](COCc2ccccc2)[C@H](OCc2ccccc2)[C@H](OCc2ccccc2)[C@H]1OC. The van der Waals surface area contributed by atoms with Crippen molar-refractivity contribution in [2.75, 3.05) is 20.8 Å². The average molecular weight is 479 g/mol. The quantitative estimate of drug-likeness (QED) is 0.374. The maximum Gasteiger partial charge on any atom is 0.186 e. The van der Waals surface area contributed by atoms with E-state index in [0.29, 0.717) is 26.4 Å². The molecule has 1 fully saturated rings. The summed E-state index contributed by atoms with van der Waals surface area (Å²) in [5.74, 6) is 0. The normalized spacial score (nSPS) is 24.3. The molecule has 1 heterocycles. The Morgan fingerprint density at radius 2 is 1.06 bits per heavy atom. The molecule has 4 rings (SSSR count). The Kier molecular flexibility index (Phi) is 9.84. The van der Waals surface area contributed by atoms with Gasteiger partial charge in [0.1, 0.15) is 24.4 Å². The second-order valence-electron chi connectivity index (χ2n) is 8.50. The summed E-state index contributed by atoms with van der Waals surface area (Å²) in [5, 5.41) is 0. The lowest BCUT2D eigenvalue weighted by Crippen LogP contribution is -2.61. The molecule has 0 aromatic heterocycles. The van der Waals surface area contributed by atoms with Crippen molar-refractivity contribution in [2.24, 2.45) is 0 Å². The second-order valence-corrected chi connectivity index (χ2v) is 8.50. The van der Waals surface area contributed by atoms with Gasteiger partial charge in [-0.25, -0.2) is 0 Å². The van der Waals surface area contributed by atoms with Crippen LogP contribution in [0.3, 0.4) is 0 Å². The molecule has 5 atom stereocenters. The van der Waals surface area contributed by atoms with Crippen LogP contribution in [0.2, 0.25) is 0 Å². The molecule has 35 heavy (non-hydrogen) atoms. The van der Waals surface area contributed by atoms with Crippen LogP contribution in [0.25, 0.3) is 0 Å². The summed E-state index contributed by atoms with van der Waals surface area (Å²) in [7, 11) is 3.25. The highest BCUT2D eigenvalue weighted by Crippen LogP contribution is 2.30. The Labute approximate surface area is 207 Å². The van der Waals surface area contributed by atoms with Gasteiger partial charge in [0, 0.05) is 14.2 Å². The lowest BCUT2D eigenvalue weighted by atomic mass is 9.98. The van der Waals surface area contributed by atoms with Crippen LogP contribution in [0.1, 0.15) is 16.7 Å². The Bertz CT molecular complexity index is 968. The van der Waals surface area contributed by atoms with E-state index in [1.807, 2.05) is 91.0 Å². The molecule has 6 heteroatoms. The molecule has 3 aromatic rings. The van der Waals surface area contributed by atoms with Gasteiger partial charge in [0.15, 0.2) is 6.29 Å². The Morgan fingerprint density at radius 3 is 1.54 bits per heavy atom. The van der Waals surface area contributed by atoms with E-state index in [4.69, 9.17) is 28.4 Å². The van der Waals surface area contributed by atoms with E-state index in [1.165, 1.54) is 0 Å². The van der Waals surface area contributed by atoms with Crippen LogP contribution in [-0.4, -0.2) is 51.5 Å². The van der Waals surface area contributed by atoms with E-state index in [1.54, 1.807) is 14.2 Å². The molecule has 0 bridgehead atoms. The summed E-state index contributed by atoms with van der Waals surface area (Å²) in [4.78, 5) is 0. The highest BCUT2D eigenvalue weighted by Gasteiger charge is 2.48. The van der Waals surface area contributed by atoms with Gasteiger partial charge in [-0.05, 0) is 16.7 Å². The van der Waals surface area contributed by atoms with Crippen molar-refractivity contribution in [3.8, 4) is 0 Å². The minimum absolute atomic E-state index is 0.329. The maximum absolute atomic E-state index is 6.44. The first-order chi connectivity index (χ1) is 17.3. The van der Waals surface area contributed by atoms with Gasteiger partial charge >= 0.3 is 0 Å². The number of benzene rings is 3. The molecule has 0 spiro atoms. The topological polar surface area (TPSA) is 55.4 Å². The molecule has 186 valence electrons. The van der Waals surface area contributed by atoms with Crippen molar-refractivity contribution in [1.82, 2.24) is 0 Å². The van der Waals surface area contributed by atoms with Crippen LogP contribution >= 0.6 is 0 Å². The van der Waals surface area contributed by atoms with E-state index in [0.717, 1.165) is 16.7 Å². The van der Waals surface area contributed by atoms with Crippen LogP contribution in [0.4, 0.5) is 0 Å². The molecule has 1 aliphatic heterocycles. The molecule has 1 aliphatic rings. The van der Waals surface area contributed by atoms with E-state index >= 15 is 0 Å². The van der Waals surface area contributed by atoms with Gasteiger partial charge in [0.25, 0.3) is 0 Å². The van der Waals surface area contributed by atoms with Crippen LogP contribution < -0.4 is 0 Å². The first-order valence-electron chi connectivity index (χ1n) is 11.9. The van der Waals surface area contributed by atoms with Gasteiger partial charge < -0.3 is 28.4 Å². The minimum Gasteiger partial charge on any atom is -0.374 e. The molecular weight excluding hydrogens is 444 g/mol. The van der Waals surface area contributed by atoms with Gasteiger partial charge in [0.2, 0.25) is 0 Å². The van der Waals surface area contributed by atoms with E-state index in [9.17, 15) is 0 Å². The third-order valence-electron chi connectivity index (χ3n) is 6.06. The minimum atomic E-state index is -0.609. The lowest BCUT2D eigenvalue weighted by molar-refractivity contribution is -0.317. The smallest absolute Gasteiger partial charge is 0.186 e. The number of hydrogen-bond acceptors (Lipinski definition) is 6. The average Bonchev–Trinajstić information content (AvgIpc) is 2.92. The third-order valence-corrected chi connectivity index (χ3v) is 6.06. The number of ether oxygens (including phenoxy) is 6. The molecule has 1 unspecified atom stereocenters. The standard InChI is InChI=1S/C29H34O6/c1-30-28-27(34-20-24-16-10-5-11-17-24)26(33-19-23-14-8-4-9-15-23)25(35-29(28)31-2)21-32-18-22-12-6-3-7-13-22/h3-17,25-29H,18-21H2,1-2H3/t25-,26+,27+,28-,29?/m1/s1. The predicted octanol–water partition coefficient (Wildman–Crippen LogP) is 4.76. The molecular formula is C29H34O6.